The highest BCUT2D eigenvalue weighted by molar-refractivity contribution is 5.68. The van der Waals surface area contributed by atoms with E-state index in [-0.39, 0.29) is 12.1 Å². The van der Waals surface area contributed by atoms with E-state index in [1.165, 1.54) is 12.0 Å². The Bertz CT molecular complexity index is 496. The van der Waals surface area contributed by atoms with Crippen molar-refractivity contribution in [1.82, 2.24) is 10.2 Å². The number of amides is 1. The molecule has 0 spiro atoms. The average Bonchev–Trinajstić information content (AvgIpc) is 2.46. The van der Waals surface area contributed by atoms with Crippen LogP contribution < -0.4 is 5.32 Å². The molecule has 0 aliphatic heterocycles. The molecule has 2 rings (SSSR count). The maximum atomic E-state index is 12.1. The fourth-order valence-corrected chi connectivity index (χ4v) is 3.25. The summed E-state index contributed by atoms with van der Waals surface area (Å²) in [6.45, 7) is 6.59. The minimum Gasteiger partial charge on any atom is -0.444 e. The average molecular weight is 318 g/mol. The van der Waals surface area contributed by atoms with Gasteiger partial charge >= 0.3 is 6.09 Å². The van der Waals surface area contributed by atoms with Crippen LogP contribution in [0.4, 0.5) is 4.79 Å². The van der Waals surface area contributed by atoms with Gasteiger partial charge in [0.15, 0.2) is 0 Å². The molecule has 0 heterocycles. The van der Waals surface area contributed by atoms with Crippen molar-refractivity contribution >= 4 is 6.09 Å². The lowest BCUT2D eigenvalue weighted by atomic mass is 9.89. The van der Waals surface area contributed by atoms with Crippen molar-refractivity contribution in [2.45, 2.75) is 70.7 Å². The van der Waals surface area contributed by atoms with Crippen LogP contribution >= 0.6 is 0 Å². The molecule has 23 heavy (non-hydrogen) atoms. The summed E-state index contributed by atoms with van der Waals surface area (Å²) < 4.78 is 5.42. The lowest BCUT2D eigenvalue weighted by molar-refractivity contribution is 0.0437. The molecular weight excluding hydrogens is 288 g/mol. The van der Waals surface area contributed by atoms with Crippen LogP contribution in [0.1, 0.15) is 52.0 Å². The third kappa shape index (κ3) is 5.87. The number of likely N-dealkylation sites (N-methyl/N-ethyl adjacent to an activating group) is 1. The van der Waals surface area contributed by atoms with Crippen molar-refractivity contribution in [3.8, 4) is 0 Å². The molecule has 128 valence electrons. The Hall–Kier alpha value is -1.55. The Kier molecular flexibility index (Phi) is 6.05. The van der Waals surface area contributed by atoms with Crippen LogP contribution in [0.2, 0.25) is 0 Å². The summed E-state index contributed by atoms with van der Waals surface area (Å²) >= 11 is 0. The molecule has 0 radical (unpaired) electrons. The summed E-state index contributed by atoms with van der Waals surface area (Å²) in [7, 11) is 2.15. The summed E-state index contributed by atoms with van der Waals surface area (Å²) in [5, 5.41) is 3.09. The van der Waals surface area contributed by atoms with Gasteiger partial charge in [-0.1, -0.05) is 43.2 Å². The first-order valence-electron chi connectivity index (χ1n) is 8.59. The second-order valence-corrected chi connectivity index (χ2v) is 7.51. The van der Waals surface area contributed by atoms with Gasteiger partial charge in [0.1, 0.15) is 5.60 Å². The van der Waals surface area contributed by atoms with Gasteiger partial charge in [0.2, 0.25) is 0 Å². The Morgan fingerprint density at radius 2 is 1.87 bits per heavy atom. The molecule has 4 heteroatoms. The molecule has 0 unspecified atom stereocenters. The van der Waals surface area contributed by atoms with E-state index in [0.29, 0.717) is 6.04 Å². The number of carbonyl (C=O) groups is 1. The molecule has 0 aromatic heterocycles. The van der Waals surface area contributed by atoms with Crippen molar-refractivity contribution < 1.29 is 9.53 Å². The molecule has 0 bridgehead atoms. The van der Waals surface area contributed by atoms with Crippen molar-refractivity contribution in [3.05, 3.63) is 35.9 Å². The quantitative estimate of drug-likeness (QED) is 0.914. The Labute approximate surface area is 140 Å². The second kappa shape index (κ2) is 7.82. The predicted molar refractivity (Wildman–Crippen MR) is 93.3 cm³/mol. The first-order valence-corrected chi connectivity index (χ1v) is 8.59. The van der Waals surface area contributed by atoms with Gasteiger partial charge in [-0.25, -0.2) is 4.79 Å². The summed E-state index contributed by atoms with van der Waals surface area (Å²) in [4.78, 5) is 14.5. The van der Waals surface area contributed by atoms with Gasteiger partial charge in [0.05, 0.1) is 0 Å². The second-order valence-electron chi connectivity index (χ2n) is 7.51. The lowest BCUT2D eigenvalue weighted by Crippen LogP contribution is -2.52. The molecule has 0 saturated heterocycles. The third-order valence-corrected chi connectivity index (χ3v) is 4.27. The van der Waals surface area contributed by atoms with Crippen molar-refractivity contribution in [2.75, 3.05) is 7.05 Å². The molecule has 1 fully saturated rings. The molecule has 1 aliphatic rings. The van der Waals surface area contributed by atoms with Crippen LogP contribution in [0, 0.1) is 0 Å². The highest BCUT2D eigenvalue weighted by Crippen LogP contribution is 2.24. The molecule has 1 saturated carbocycles. The smallest absolute Gasteiger partial charge is 0.407 e. The summed E-state index contributed by atoms with van der Waals surface area (Å²) in [5.41, 5.74) is 0.848. The number of carbonyl (C=O) groups excluding carboxylic acids is 1. The summed E-state index contributed by atoms with van der Waals surface area (Å²) in [5.74, 6) is 0. The van der Waals surface area contributed by atoms with Gasteiger partial charge in [0.25, 0.3) is 0 Å². The van der Waals surface area contributed by atoms with Gasteiger partial charge in [-0.3, -0.25) is 4.90 Å². The van der Waals surface area contributed by atoms with E-state index >= 15 is 0 Å². The van der Waals surface area contributed by atoms with Gasteiger partial charge in [0, 0.05) is 18.6 Å². The summed E-state index contributed by atoms with van der Waals surface area (Å²) in [6, 6.07) is 11.0. The number of hydrogen-bond acceptors (Lipinski definition) is 3. The van der Waals surface area contributed by atoms with Crippen LogP contribution in [-0.4, -0.2) is 35.7 Å². The first-order chi connectivity index (χ1) is 10.8. The normalized spacial score (nSPS) is 22.0. The minimum absolute atomic E-state index is 0.160. The zero-order chi connectivity index (χ0) is 16.9. The van der Waals surface area contributed by atoms with Gasteiger partial charge in [-0.05, 0) is 46.2 Å². The minimum atomic E-state index is -0.454. The molecule has 1 aromatic rings. The monoisotopic (exact) mass is 318 g/mol. The highest BCUT2D eigenvalue weighted by atomic mass is 16.6. The Morgan fingerprint density at radius 1 is 1.22 bits per heavy atom. The van der Waals surface area contributed by atoms with E-state index in [0.717, 1.165) is 25.8 Å². The van der Waals surface area contributed by atoms with Crippen LogP contribution in [0.3, 0.4) is 0 Å². The molecule has 4 nitrogen and oxygen atoms in total. The molecule has 1 aliphatic carbocycles. The molecule has 1 N–H and O–H groups in total. The number of nitrogens with one attached hydrogen (secondary N) is 1. The number of alkyl carbamates (subject to hydrolysis) is 1. The van der Waals surface area contributed by atoms with Gasteiger partial charge in [-0.15, -0.1) is 0 Å². The van der Waals surface area contributed by atoms with E-state index < -0.39 is 5.60 Å². The predicted octanol–water partition coefficient (Wildman–Crippen LogP) is 3.95. The molecular formula is C19H30N2O2. The zero-order valence-electron chi connectivity index (χ0n) is 14.8. The Balaban J connectivity index is 1.96. The fourth-order valence-electron chi connectivity index (χ4n) is 3.25. The number of ether oxygens (including phenoxy) is 1. The van der Waals surface area contributed by atoms with Crippen LogP contribution in [0.25, 0.3) is 0 Å². The molecule has 2 atom stereocenters. The SMILES string of the molecule is CN(Cc1ccccc1)[C@@H]1CCCC[C@@H]1NC(=O)OC(C)(C)C. The standard InChI is InChI=1S/C19H30N2O2/c1-19(2,3)23-18(22)20-16-12-8-9-13-17(16)21(4)14-15-10-6-5-7-11-15/h5-7,10-11,16-17H,8-9,12-14H2,1-4H3,(H,20,22)/t16-,17+/m0/s1. The number of nitrogens with zero attached hydrogens (tertiary/aromatic N) is 1. The van der Waals surface area contributed by atoms with Crippen LogP contribution in [-0.2, 0) is 11.3 Å². The Morgan fingerprint density at radius 3 is 2.52 bits per heavy atom. The fraction of sp³-hybridized carbons (Fsp3) is 0.632. The number of rotatable bonds is 4. The van der Waals surface area contributed by atoms with E-state index in [1.807, 2.05) is 26.8 Å². The third-order valence-electron chi connectivity index (χ3n) is 4.27. The van der Waals surface area contributed by atoms with Gasteiger partial charge in [-0.2, -0.15) is 0 Å². The first kappa shape index (κ1) is 17.8. The molecule has 1 aromatic carbocycles. The topological polar surface area (TPSA) is 41.6 Å². The van der Waals surface area contributed by atoms with E-state index in [2.05, 4.69) is 41.5 Å². The van der Waals surface area contributed by atoms with Crippen molar-refractivity contribution in [1.29, 1.82) is 0 Å². The van der Waals surface area contributed by atoms with E-state index in [1.54, 1.807) is 0 Å². The van der Waals surface area contributed by atoms with E-state index in [9.17, 15) is 4.79 Å². The molecule has 1 amide bonds. The summed E-state index contributed by atoms with van der Waals surface area (Å²) in [6.07, 6.45) is 4.21. The van der Waals surface area contributed by atoms with E-state index in [4.69, 9.17) is 4.74 Å². The van der Waals surface area contributed by atoms with Crippen LogP contribution in [0.5, 0.6) is 0 Å². The highest BCUT2D eigenvalue weighted by Gasteiger charge is 2.30. The van der Waals surface area contributed by atoms with Crippen molar-refractivity contribution in [3.63, 3.8) is 0 Å². The lowest BCUT2D eigenvalue weighted by Gasteiger charge is -2.38. The van der Waals surface area contributed by atoms with Crippen LogP contribution in [0.15, 0.2) is 30.3 Å². The zero-order valence-corrected chi connectivity index (χ0v) is 14.8. The van der Waals surface area contributed by atoms with Gasteiger partial charge < -0.3 is 10.1 Å². The number of hydrogen-bond donors (Lipinski definition) is 1. The maximum absolute atomic E-state index is 12.1. The largest absolute Gasteiger partial charge is 0.444 e. The number of benzene rings is 1. The maximum Gasteiger partial charge on any atom is 0.407 e. The van der Waals surface area contributed by atoms with Crippen molar-refractivity contribution in [2.24, 2.45) is 0 Å².